The van der Waals surface area contributed by atoms with E-state index in [0.717, 1.165) is 29.4 Å². The van der Waals surface area contributed by atoms with E-state index in [4.69, 9.17) is 9.15 Å². The Balaban J connectivity index is 1.69. The van der Waals surface area contributed by atoms with Gasteiger partial charge in [-0.15, -0.1) is 0 Å². The molecule has 0 unspecified atom stereocenters. The molecule has 1 fully saturated rings. The minimum absolute atomic E-state index is 0.0417. The van der Waals surface area contributed by atoms with E-state index in [1.165, 1.54) is 12.5 Å². The number of carbonyl (C=O) groups excluding carboxylic acids is 1. The van der Waals surface area contributed by atoms with Crippen molar-refractivity contribution >= 4 is 16.9 Å². The Labute approximate surface area is 153 Å². The highest BCUT2D eigenvalue weighted by molar-refractivity contribution is 5.85. The lowest BCUT2D eigenvalue weighted by Crippen LogP contribution is -2.45. The lowest BCUT2D eigenvalue weighted by molar-refractivity contribution is -0.124. The molecule has 26 heavy (non-hydrogen) atoms. The van der Waals surface area contributed by atoms with Crippen LogP contribution in [0.5, 0.6) is 5.75 Å². The van der Waals surface area contributed by atoms with Crippen molar-refractivity contribution in [3.05, 3.63) is 39.7 Å². The highest BCUT2D eigenvalue weighted by Crippen LogP contribution is 2.30. The Morgan fingerprint density at radius 1 is 1.27 bits per heavy atom. The van der Waals surface area contributed by atoms with Gasteiger partial charge in [-0.3, -0.25) is 4.79 Å². The van der Waals surface area contributed by atoms with Gasteiger partial charge in [0.2, 0.25) is 0 Å². The highest BCUT2D eigenvalue weighted by Gasteiger charge is 2.28. The van der Waals surface area contributed by atoms with Gasteiger partial charge >= 0.3 is 5.63 Å². The van der Waals surface area contributed by atoms with Crippen molar-refractivity contribution in [1.82, 2.24) is 5.32 Å². The summed E-state index contributed by atoms with van der Waals surface area (Å²) in [7, 11) is 0. The van der Waals surface area contributed by atoms with Crippen LogP contribution < -0.4 is 15.7 Å². The standard InChI is InChI=1S/C21H27NO4/c1-12-6-5-7-17(14(12)3)22-19(23)11-25-18-9-8-16-13(2)10-20(24)26-21(16)15(18)4/h8-10,12,14,17H,5-7,11H2,1-4H3,(H,22,23)/t12-,14-,17-/m0/s1. The van der Waals surface area contributed by atoms with Gasteiger partial charge in [-0.1, -0.05) is 26.7 Å². The summed E-state index contributed by atoms with van der Waals surface area (Å²) in [5.41, 5.74) is 1.73. The zero-order valence-electron chi connectivity index (χ0n) is 15.9. The molecule has 0 bridgehead atoms. The summed E-state index contributed by atoms with van der Waals surface area (Å²) < 4.78 is 11.0. The highest BCUT2D eigenvalue weighted by atomic mass is 16.5. The second-order valence-electron chi connectivity index (χ2n) is 7.54. The van der Waals surface area contributed by atoms with Gasteiger partial charge in [0.1, 0.15) is 11.3 Å². The van der Waals surface area contributed by atoms with Crippen LogP contribution in [0.3, 0.4) is 0 Å². The second kappa shape index (κ2) is 7.52. The van der Waals surface area contributed by atoms with E-state index in [-0.39, 0.29) is 24.2 Å². The fraction of sp³-hybridized carbons (Fsp3) is 0.524. The van der Waals surface area contributed by atoms with Gasteiger partial charge < -0.3 is 14.5 Å². The maximum Gasteiger partial charge on any atom is 0.336 e. The number of carbonyl (C=O) groups is 1. The Morgan fingerprint density at radius 3 is 2.81 bits per heavy atom. The molecule has 5 nitrogen and oxygen atoms in total. The van der Waals surface area contributed by atoms with Crippen LogP contribution in [0.25, 0.3) is 11.0 Å². The molecule has 1 N–H and O–H groups in total. The van der Waals surface area contributed by atoms with Crippen LogP contribution in [0.4, 0.5) is 0 Å². The first-order valence-electron chi connectivity index (χ1n) is 9.33. The Kier molecular flexibility index (Phi) is 5.35. The molecular formula is C21H27NO4. The van der Waals surface area contributed by atoms with Crippen molar-refractivity contribution < 1.29 is 13.9 Å². The molecule has 5 heteroatoms. The SMILES string of the molecule is Cc1cc(=O)oc2c(C)c(OCC(=O)N[C@H]3CCC[C@H](C)[C@@H]3C)ccc12. The summed E-state index contributed by atoms with van der Waals surface area (Å²) in [5, 5.41) is 3.99. The quantitative estimate of drug-likeness (QED) is 0.847. The van der Waals surface area contributed by atoms with Gasteiger partial charge in [0.15, 0.2) is 6.61 Å². The molecular weight excluding hydrogens is 330 g/mol. The molecule has 0 saturated heterocycles. The smallest absolute Gasteiger partial charge is 0.336 e. The number of nitrogens with one attached hydrogen (secondary N) is 1. The van der Waals surface area contributed by atoms with Crippen LogP contribution in [0.2, 0.25) is 0 Å². The molecule has 2 aromatic rings. The summed E-state index contributed by atoms with van der Waals surface area (Å²) in [6.45, 7) is 8.11. The van der Waals surface area contributed by atoms with E-state index in [0.29, 0.717) is 23.2 Å². The zero-order chi connectivity index (χ0) is 18.8. The van der Waals surface area contributed by atoms with Gasteiger partial charge in [-0.05, 0) is 49.8 Å². The third-order valence-electron chi connectivity index (χ3n) is 5.73. The van der Waals surface area contributed by atoms with Gasteiger partial charge in [0.25, 0.3) is 5.91 Å². The van der Waals surface area contributed by atoms with Gasteiger partial charge in [0.05, 0.1) is 0 Å². The third-order valence-corrected chi connectivity index (χ3v) is 5.73. The van der Waals surface area contributed by atoms with Gasteiger partial charge in [-0.2, -0.15) is 0 Å². The third kappa shape index (κ3) is 3.76. The largest absolute Gasteiger partial charge is 0.483 e. The number of ether oxygens (including phenoxy) is 1. The number of amides is 1. The molecule has 1 heterocycles. The number of rotatable bonds is 4. The molecule has 1 aliphatic carbocycles. The van der Waals surface area contributed by atoms with E-state index in [1.54, 1.807) is 0 Å². The van der Waals surface area contributed by atoms with Gasteiger partial charge in [-0.25, -0.2) is 4.79 Å². The van der Waals surface area contributed by atoms with Gasteiger partial charge in [0, 0.05) is 23.1 Å². The van der Waals surface area contributed by atoms with Crippen molar-refractivity contribution in [2.24, 2.45) is 11.8 Å². The maximum absolute atomic E-state index is 12.3. The van der Waals surface area contributed by atoms with Crippen LogP contribution in [0, 0.1) is 25.7 Å². The molecule has 140 valence electrons. The molecule has 3 rings (SSSR count). The summed E-state index contributed by atoms with van der Waals surface area (Å²) in [6, 6.07) is 5.37. The summed E-state index contributed by atoms with van der Waals surface area (Å²) >= 11 is 0. The minimum atomic E-state index is -0.381. The van der Waals surface area contributed by atoms with E-state index < -0.39 is 0 Å². The summed E-state index contributed by atoms with van der Waals surface area (Å²) in [4.78, 5) is 24.0. The van der Waals surface area contributed by atoms with Crippen LogP contribution >= 0.6 is 0 Å². The van der Waals surface area contributed by atoms with Crippen LogP contribution in [0.1, 0.15) is 44.2 Å². The van der Waals surface area contributed by atoms with Crippen molar-refractivity contribution in [3.8, 4) is 5.75 Å². The molecule has 1 saturated carbocycles. The monoisotopic (exact) mass is 357 g/mol. The minimum Gasteiger partial charge on any atom is -0.483 e. The summed E-state index contributed by atoms with van der Waals surface area (Å²) in [5.74, 6) is 1.56. The zero-order valence-corrected chi connectivity index (χ0v) is 15.9. The predicted molar refractivity (Wildman–Crippen MR) is 102 cm³/mol. The molecule has 1 aromatic heterocycles. The van der Waals surface area contributed by atoms with Crippen LogP contribution in [-0.4, -0.2) is 18.6 Å². The number of aryl methyl sites for hydroxylation is 2. The van der Waals surface area contributed by atoms with Crippen molar-refractivity contribution in [3.63, 3.8) is 0 Å². The maximum atomic E-state index is 12.3. The van der Waals surface area contributed by atoms with E-state index >= 15 is 0 Å². The predicted octanol–water partition coefficient (Wildman–Crippen LogP) is 3.73. The number of hydrogen-bond acceptors (Lipinski definition) is 4. The fourth-order valence-corrected chi connectivity index (χ4v) is 3.83. The molecule has 0 aliphatic heterocycles. The number of fused-ring (bicyclic) bond motifs is 1. The number of benzene rings is 1. The second-order valence-corrected chi connectivity index (χ2v) is 7.54. The molecule has 1 aliphatic rings. The lowest BCUT2D eigenvalue weighted by Gasteiger charge is -2.34. The van der Waals surface area contributed by atoms with E-state index in [2.05, 4.69) is 19.2 Å². The van der Waals surface area contributed by atoms with Crippen LogP contribution in [-0.2, 0) is 4.79 Å². The molecule has 0 radical (unpaired) electrons. The lowest BCUT2D eigenvalue weighted by atomic mass is 9.78. The first-order valence-corrected chi connectivity index (χ1v) is 9.33. The fourth-order valence-electron chi connectivity index (χ4n) is 3.83. The van der Waals surface area contributed by atoms with Crippen molar-refractivity contribution in [1.29, 1.82) is 0 Å². The van der Waals surface area contributed by atoms with E-state index in [9.17, 15) is 9.59 Å². The normalized spacial score (nSPS) is 23.0. The van der Waals surface area contributed by atoms with E-state index in [1.807, 2.05) is 26.0 Å². The Morgan fingerprint density at radius 2 is 2.04 bits per heavy atom. The van der Waals surface area contributed by atoms with Crippen molar-refractivity contribution in [2.45, 2.75) is 53.0 Å². The Bertz CT molecular complexity index is 870. The first-order chi connectivity index (χ1) is 12.4. The average molecular weight is 357 g/mol. The Hall–Kier alpha value is -2.30. The molecule has 1 amide bonds. The summed E-state index contributed by atoms with van der Waals surface area (Å²) in [6.07, 6.45) is 3.40. The molecule has 3 atom stereocenters. The molecule has 0 spiro atoms. The molecule has 1 aromatic carbocycles. The first kappa shape index (κ1) is 18.5. The van der Waals surface area contributed by atoms with Crippen molar-refractivity contribution in [2.75, 3.05) is 6.61 Å². The average Bonchev–Trinajstić information content (AvgIpc) is 2.59. The topological polar surface area (TPSA) is 68.5 Å². The van der Waals surface area contributed by atoms with Crippen LogP contribution in [0.15, 0.2) is 27.4 Å². The number of hydrogen-bond donors (Lipinski definition) is 1.